The Labute approximate surface area is 171 Å². The van der Waals surface area contributed by atoms with E-state index in [2.05, 4.69) is 0 Å². The number of carbonyl (C=O) groups is 1. The standard InChI is InChI=1S/C21H21ClF3NO3/c1-29-15-8-5-13(6-9-15)19(26-11-3-2-4-18(26)20(27)28)16-12-14(21(23,24)25)7-10-17(16)22/h5-10,12,18-19H,2-4,11H2,1H3,(H,27,28). The molecule has 0 radical (unpaired) electrons. The van der Waals surface area contributed by atoms with Gasteiger partial charge in [0.25, 0.3) is 0 Å². The van der Waals surface area contributed by atoms with E-state index in [0.717, 1.165) is 25.0 Å². The Bertz CT molecular complexity index is 870. The van der Waals surface area contributed by atoms with Crippen LogP contribution in [-0.2, 0) is 11.0 Å². The summed E-state index contributed by atoms with van der Waals surface area (Å²) in [5.74, 6) is -0.401. The van der Waals surface area contributed by atoms with E-state index in [1.165, 1.54) is 13.2 Å². The van der Waals surface area contributed by atoms with E-state index < -0.39 is 29.8 Å². The summed E-state index contributed by atoms with van der Waals surface area (Å²) in [5, 5.41) is 9.87. The number of ether oxygens (including phenoxy) is 1. The second kappa shape index (κ2) is 8.63. The van der Waals surface area contributed by atoms with Gasteiger partial charge in [0.1, 0.15) is 11.8 Å². The predicted molar refractivity (Wildman–Crippen MR) is 103 cm³/mol. The highest BCUT2D eigenvalue weighted by atomic mass is 35.5. The fourth-order valence-corrected chi connectivity index (χ4v) is 4.01. The molecule has 8 heteroatoms. The number of halogens is 4. The topological polar surface area (TPSA) is 49.8 Å². The van der Waals surface area contributed by atoms with E-state index in [1.807, 2.05) is 0 Å². The Kier molecular flexibility index (Phi) is 6.39. The van der Waals surface area contributed by atoms with Gasteiger partial charge in [0, 0.05) is 5.02 Å². The van der Waals surface area contributed by atoms with Crippen LogP contribution in [0.1, 0.15) is 42.0 Å². The van der Waals surface area contributed by atoms with E-state index in [4.69, 9.17) is 16.3 Å². The SMILES string of the molecule is COc1ccc(C(c2cc(C(F)(F)F)ccc2Cl)N2CCCCC2C(=O)O)cc1. The molecule has 2 aromatic carbocycles. The summed E-state index contributed by atoms with van der Waals surface area (Å²) in [6.45, 7) is 0.445. The molecule has 2 aromatic rings. The number of carboxylic acids is 1. The van der Waals surface area contributed by atoms with Crippen molar-refractivity contribution < 1.29 is 27.8 Å². The minimum Gasteiger partial charge on any atom is -0.497 e. The van der Waals surface area contributed by atoms with Gasteiger partial charge in [-0.2, -0.15) is 13.2 Å². The normalized spacial score (nSPS) is 19.0. The molecule has 1 N–H and O–H groups in total. The van der Waals surface area contributed by atoms with Gasteiger partial charge in [-0.1, -0.05) is 30.2 Å². The molecule has 4 nitrogen and oxygen atoms in total. The zero-order chi connectivity index (χ0) is 21.2. The Balaban J connectivity index is 2.16. The maximum Gasteiger partial charge on any atom is 0.416 e. The van der Waals surface area contributed by atoms with Crippen LogP contribution in [0.2, 0.25) is 5.02 Å². The lowest BCUT2D eigenvalue weighted by atomic mass is 9.90. The van der Waals surface area contributed by atoms with Crippen molar-refractivity contribution in [1.82, 2.24) is 4.90 Å². The second-order valence-corrected chi connectivity index (χ2v) is 7.40. The van der Waals surface area contributed by atoms with Crippen LogP contribution in [0, 0.1) is 0 Å². The van der Waals surface area contributed by atoms with Gasteiger partial charge in [0.05, 0.1) is 18.7 Å². The van der Waals surface area contributed by atoms with Gasteiger partial charge in [-0.05, 0) is 60.8 Å². The van der Waals surface area contributed by atoms with E-state index in [9.17, 15) is 23.1 Å². The highest BCUT2D eigenvalue weighted by Crippen LogP contribution is 2.40. The van der Waals surface area contributed by atoms with Gasteiger partial charge in [-0.3, -0.25) is 9.69 Å². The number of hydrogen-bond acceptors (Lipinski definition) is 3. The third kappa shape index (κ3) is 4.67. The van der Waals surface area contributed by atoms with Crippen LogP contribution in [0.5, 0.6) is 5.75 Å². The predicted octanol–water partition coefficient (Wildman–Crippen LogP) is 5.40. The summed E-state index contributed by atoms with van der Waals surface area (Å²) in [5.41, 5.74) is 0.0688. The number of hydrogen-bond donors (Lipinski definition) is 1. The lowest BCUT2D eigenvalue weighted by Gasteiger charge is -2.40. The maximum atomic E-state index is 13.3. The number of aliphatic carboxylic acids is 1. The summed E-state index contributed by atoms with van der Waals surface area (Å²) in [4.78, 5) is 13.6. The third-order valence-electron chi connectivity index (χ3n) is 5.21. The Morgan fingerprint density at radius 1 is 1.21 bits per heavy atom. The number of nitrogens with zero attached hydrogens (tertiary/aromatic N) is 1. The molecule has 1 aliphatic heterocycles. The maximum absolute atomic E-state index is 13.3. The van der Waals surface area contributed by atoms with Crippen molar-refractivity contribution in [2.75, 3.05) is 13.7 Å². The average molecular weight is 428 g/mol. The monoisotopic (exact) mass is 427 g/mol. The molecule has 156 valence electrons. The molecule has 0 amide bonds. The minimum atomic E-state index is -4.53. The molecule has 0 saturated carbocycles. The molecule has 0 spiro atoms. The number of likely N-dealkylation sites (tertiary alicyclic amines) is 1. The molecule has 29 heavy (non-hydrogen) atoms. The van der Waals surface area contributed by atoms with Crippen LogP contribution < -0.4 is 4.74 Å². The smallest absolute Gasteiger partial charge is 0.416 e. The summed E-state index contributed by atoms with van der Waals surface area (Å²) < 4.78 is 45.2. The van der Waals surface area contributed by atoms with Crippen molar-refractivity contribution in [2.45, 2.75) is 37.5 Å². The Morgan fingerprint density at radius 3 is 2.48 bits per heavy atom. The van der Waals surface area contributed by atoms with E-state index in [1.54, 1.807) is 29.2 Å². The minimum absolute atomic E-state index is 0.161. The van der Waals surface area contributed by atoms with Crippen LogP contribution >= 0.6 is 11.6 Å². The number of piperidine rings is 1. The van der Waals surface area contributed by atoms with Gasteiger partial charge < -0.3 is 9.84 Å². The van der Waals surface area contributed by atoms with E-state index in [-0.39, 0.29) is 10.6 Å². The van der Waals surface area contributed by atoms with Crippen molar-refractivity contribution in [3.8, 4) is 5.75 Å². The first-order valence-corrected chi connectivity index (χ1v) is 9.59. The van der Waals surface area contributed by atoms with Crippen LogP contribution in [-0.4, -0.2) is 35.7 Å². The highest BCUT2D eigenvalue weighted by molar-refractivity contribution is 6.31. The largest absolute Gasteiger partial charge is 0.497 e. The number of rotatable bonds is 5. The van der Waals surface area contributed by atoms with Crippen molar-refractivity contribution in [3.05, 3.63) is 64.2 Å². The Morgan fingerprint density at radius 2 is 1.90 bits per heavy atom. The Hall–Kier alpha value is -2.25. The number of alkyl halides is 3. The van der Waals surface area contributed by atoms with Crippen molar-refractivity contribution in [1.29, 1.82) is 0 Å². The van der Waals surface area contributed by atoms with Crippen LogP contribution in [0.4, 0.5) is 13.2 Å². The van der Waals surface area contributed by atoms with Gasteiger partial charge in [-0.25, -0.2) is 0 Å². The first kappa shape index (κ1) is 21.5. The zero-order valence-electron chi connectivity index (χ0n) is 15.7. The van der Waals surface area contributed by atoms with Crippen molar-refractivity contribution in [2.24, 2.45) is 0 Å². The molecule has 2 atom stereocenters. The molecule has 0 aliphatic carbocycles. The first-order chi connectivity index (χ1) is 13.7. The highest BCUT2D eigenvalue weighted by Gasteiger charge is 2.38. The molecular weight excluding hydrogens is 407 g/mol. The molecule has 0 bridgehead atoms. The van der Waals surface area contributed by atoms with Gasteiger partial charge in [0.2, 0.25) is 0 Å². The van der Waals surface area contributed by atoms with Crippen LogP contribution in [0.15, 0.2) is 42.5 Å². The molecule has 2 unspecified atom stereocenters. The molecule has 1 aliphatic rings. The summed E-state index contributed by atoms with van der Waals surface area (Å²) in [6, 6.07) is 8.50. The second-order valence-electron chi connectivity index (χ2n) is 7.00. The van der Waals surface area contributed by atoms with Crippen molar-refractivity contribution >= 4 is 17.6 Å². The number of methoxy groups -OCH3 is 1. The van der Waals surface area contributed by atoms with Gasteiger partial charge in [0.15, 0.2) is 0 Å². The fourth-order valence-electron chi connectivity index (χ4n) is 3.79. The first-order valence-electron chi connectivity index (χ1n) is 9.21. The third-order valence-corrected chi connectivity index (χ3v) is 5.55. The molecule has 3 rings (SSSR count). The number of benzene rings is 2. The lowest BCUT2D eigenvalue weighted by molar-refractivity contribution is -0.145. The quantitative estimate of drug-likeness (QED) is 0.694. The van der Waals surface area contributed by atoms with Gasteiger partial charge >= 0.3 is 12.1 Å². The summed E-state index contributed by atoms with van der Waals surface area (Å²) in [6.07, 6.45) is -2.59. The summed E-state index contributed by atoms with van der Waals surface area (Å²) in [7, 11) is 1.52. The molecular formula is C21H21ClF3NO3. The van der Waals surface area contributed by atoms with Crippen LogP contribution in [0.25, 0.3) is 0 Å². The lowest BCUT2D eigenvalue weighted by Crippen LogP contribution is -2.47. The fraction of sp³-hybridized carbons (Fsp3) is 0.381. The zero-order valence-corrected chi connectivity index (χ0v) is 16.5. The molecule has 0 aromatic heterocycles. The number of carboxylic acid groups (broad SMARTS) is 1. The van der Waals surface area contributed by atoms with Crippen molar-refractivity contribution in [3.63, 3.8) is 0 Å². The van der Waals surface area contributed by atoms with Crippen LogP contribution in [0.3, 0.4) is 0 Å². The molecule has 1 fully saturated rings. The molecule has 1 heterocycles. The van der Waals surface area contributed by atoms with E-state index >= 15 is 0 Å². The molecule has 1 saturated heterocycles. The summed E-state index contributed by atoms with van der Waals surface area (Å²) >= 11 is 6.33. The van der Waals surface area contributed by atoms with Gasteiger partial charge in [-0.15, -0.1) is 0 Å². The average Bonchev–Trinajstić information content (AvgIpc) is 2.69. The van der Waals surface area contributed by atoms with E-state index in [0.29, 0.717) is 24.3 Å².